The summed E-state index contributed by atoms with van der Waals surface area (Å²) >= 11 is 1.27. The van der Waals surface area contributed by atoms with Crippen LogP contribution in [0.25, 0.3) is 0 Å². The Hall–Kier alpha value is -2.33. The Morgan fingerprint density at radius 3 is 2.88 bits per heavy atom. The quantitative estimate of drug-likeness (QED) is 0.863. The summed E-state index contributed by atoms with van der Waals surface area (Å²) < 4.78 is 28.9. The highest BCUT2D eigenvalue weighted by Crippen LogP contribution is 2.42. The number of benzene rings is 1. The lowest BCUT2D eigenvalue weighted by molar-refractivity contribution is 0.102. The number of amides is 1. The van der Waals surface area contributed by atoms with Crippen LogP contribution in [0.15, 0.2) is 39.8 Å². The van der Waals surface area contributed by atoms with E-state index in [1.54, 1.807) is 29.1 Å². The number of rotatable bonds is 3. The van der Waals surface area contributed by atoms with E-state index in [-0.39, 0.29) is 17.7 Å². The fraction of sp³-hybridized carbons (Fsp3) is 0.312. The predicted octanol–water partition coefficient (Wildman–Crippen LogP) is 2.33. The predicted molar refractivity (Wildman–Crippen MR) is 101 cm³/mol. The van der Waals surface area contributed by atoms with Crippen LogP contribution in [0.4, 0.5) is 11.5 Å². The number of fused-ring (bicyclic) bond motifs is 3. The Morgan fingerprint density at radius 2 is 2.12 bits per heavy atom. The number of carbonyl (C=O) groups excluding carboxylic acids is 1. The Labute approximate surface area is 155 Å². The molecule has 0 bridgehead atoms. The van der Waals surface area contributed by atoms with E-state index in [1.165, 1.54) is 11.8 Å². The minimum atomic E-state index is -3.39. The minimum absolute atomic E-state index is 0.00205. The second-order valence-corrected chi connectivity index (χ2v) is 9.07. The van der Waals surface area contributed by atoms with Crippen molar-refractivity contribution >= 4 is 44.4 Å². The van der Waals surface area contributed by atoms with Crippen molar-refractivity contribution in [3.05, 3.63) is 36.0 Å². The molecule has 26 heavy (non-hydrogen) atoms. The van der Waals surface area contributed by atoms with Gasteiger partial charge in [-0.25, -0.2) is 13.1 Å². The molecule has 1 N–H and O–H groups in total. The molecule has 1 aromatic carbocycles. The third kappa shape index (κ3) is 2.99. The number of amidine groups is 1. The Morgan fingerprint density at radius 1 is 1.31 bits per heavy atom. The number of thioether (sulfide) groups is 1. The van der Waals surface area contributed by atoms with Gasteiger partial charge in [0, 0.05) is 29.1 Å². The average Bonchev–Trinajstić information content (AvgIpc) is 3.16. The third-order valence-corrected chi connectivity index (χ3v) is 6.44. The van der Waals surface area contributed by atoms with Gasteiger partial charge in [-0.2, -0.15) is 5.10 Å². The molecule has 2 aromatic rings. The van der Waals surface area contributed by atoms with Gasteiger partial charge in [-0.15, -0.1) is 4.40 Å². The third-order valence-electron chi connectivity index (χ3n) is 4.14. The van der Waals surface area contributed by atoms with Crippen molar-refractivity contribution in [1.82, 2.24) is 9.78 Å². The molecule has 0 atom stereocenters. The zero-order valence-electron chi connectivity index (χ0n) is 14.2. The lowest BCUT2D eigenvalue weighted by Crippen LogP contribution is -2.35. The number of carbonyl (C=O) groups is 1. The maximum Gasteiger partial charge on any atom is 0.257 e. The number of nitrogens with zero attached hydrogens (tertiary/aromatic N) is 4. The van der Waals surface area contributed by atoms with Gasteiger partial charge in [-0.1, -0.05) is 0 Å². The fourth-order valence-electron chi connectivity index (χ4n) is 2.89. The highest BCUT2D eigenvalue weighted by molar-refractivity contribution is 8.15. The molecular formula is C16H17N5O3S2. The van der Waals surface area contributed by atoms with Gasteiger partial charge >= 0.3 is 0 Å². The smallest absolute Gasteiger partial charge is 0.257 e. The number of sulfonamides is 1. The van der Waals surface area contributed by atoms with Crippen LogP contribution in [0.5, 0.6) is 0 Å². The molecule has 0 saturated carbocycles. The Kier molecular flexibility index (Phi) is 4.03. The van der Waals surface area contributed by atoms with E-state index in [4.69, 9.17) is 0 Å². The lowest BCUT2D eigenvalue weighted by atomic mass is 10.2. The lowest BCUT2D eigenvalue weighted by Gasteiger charge is -2.22. The van der Waals surface area contributed by atoms with Gasteiger partial charge in [0.15, 0.2) is 5.17 Å². The van der Waals surface area contributed by atoms with Crippen LogP contribution < -0.4 is 10.2 Å². The summed E-state index contributed by atoms with van der Waals surface area (Å²) in [5, 5.41) is 7.52. The number of hydrogen-bond acceptors (Lipinski definition) is 6. The minimum Gasteiger partial charge on any atom is -0.318 e. The monoisotopic (exact) mass is 391 g/mol. The largest absolute Gasteiger partial charge is 0.318 e. The molecule has 8 nitrogen and oxygen atoms in total. The Bertz CT molecular complexity index is 1030. The molecule has 0 unspecified atom stereocenters. The van der Waals surface area contributed by atoms with Crippen LogP contribution in [0.1, 0.15) is 30.2 Å². The first-order valence-corrected chi connectivity index (χ1v) is 10.5. The van der Waals surface area contributed by atoms with Crippen LogP contribution >= 0.6 is 11.8 Å². The number of nitrogens with one attached hydrogen (secondary N) is 1. The molecule has 0 spiro atoms. The summed E-state index contributed by atoms with van der Waals surface area (Å²) in [6.45, 7) is 4.35. The summed E-state index contributed by atoms with van der Waals surface area (Å²) in [5.41, 5.74) is 1.38. The van der Waals surface area contributed by atoms with E-state index < -0.39 is 10.0 Å². The number of aromatic nitrogens is 2. The first kappa shape index (κ1) is 17.1. The zero-order chi connectivity index (χ0) is 18.5. The second kappa shape index (κ2) is 6.13. The van der Waals surface area contributed by atoms with Crippen LogP contribution in [0.2, 0.25) is 0 Å². The van der Waals surface area contributed by atoms with Crippen molar-refractivity contribution in [1.29, 1.82) is 0 Å². The molecule has 0 aliphatic carbocycles. The molecule has 2 aliphatic heterocycles. The van der Waals surface area contributed by atoms with E-state index in [9.17, 15) is 13.2 Å². The Balaban J connectivity index is 1.60. The summed E-state index contributed by atoms with van der Waals surface area (Å²) in [7, 11) is -3.39. The molecule has 0 saturated heterocycles. The van der Waals surface area contributed by atoms with Crippen LogP contribution in [-0.4, -0.2) is 41.6 Å². The van der Waals surface area contributed by atoms with E-state index >= 15 is 0 Å². The molecule has 136 valence electrons. The van der Waals surface area contributed by atoms with Gasteiger partial charge in [0.05, 0.1) is 17.6 Å². The first-order chi connectivity index (χ1) is 12.3. The molecule has 1 aromatic heterocycles. The van der Waals surface area contributed by atoms with E-state index in [1.807, 2.05) is 24.8 Å². The van der Waals surface area contributed by atoms with Gasteiger partial charge in [-0.05, 0) is 43.8 Å². The fourth-order valence-corrected chi connectivity index (χ4v) is 5.18. The molecule has 0 radical (unpaired) electrons. The highest BCUT2D eigenvalue weighted by Gasteiger charge is 2.33. The van der Waals surface area contributed by atoms with Gasteiger partial charge < -0.3 is 10.2 Å². The van der Waals surface area contributed by atoms with Crippen LogP contribution in [0.3, 0.4) is 0 Å². The molecule has 1 amide bonds. The maximum atomic E-state index is 12.6. The molecule has 2 aliphatic rings. The first-order valence-electron chi connectivity index (χ1n) is 8.11. The van der Waals surface area contributed by atoms with Crippen molar-refractivity contribution in [2.45, 2.75) is 24.8 Å². The van der Waals surface area contributed by atoms with Gasteiger partial charge in [-0.3, -0.25) is 4.79 Å². The van der Waals surface area contributed by atoms with E-state index in [2.05, 4.69) is 14.8 Å². The molecule has 3 heterocycles. The standard InChI is InChI=1S/C16H17N5O3S2/c1-10(2)21-14(5-6-17-21)18-15(22)11-3-4-12-13(9-11)25-16-19-26(23,24)8-7-20(12)16/h3-6,9-10H,7-8H2,1-2H3,(H,18,22). The summed E-state index contributed by atoms with van der Waals surface area (Å²) in [5.74, 6) is 0.388. The van der Waals surface area contributed by atoms with Crippen molar-refractivity contribution in [2.24, 2.45) is 4.40 Å². The van der Waals surface area contributed by atoms with Crippen LogP contribution in [-0.2, 0) is 10.0 Å². The van der Waals surface area contributed by atoms with E-state index in [0.717, 1.165) is 10.6 Å². The van der Waals surface area contributed by atoms with Crippen molar-refractivity contribution in [3.8, 4) is 0 Å². The van der Waals surface area contributed by atoms with Crippen molar-refractivity contribution in [2.75, 3.05) is 22.5 Å². The molecular weight excluding hydrogens is 374 g/mol. The number of hydrogen-bond donors (Lipinski definition) is 1. The zero-order valence-corrected chi connectivity index (χ0v) is 15.8. The summed E-state index contributed by atoms with van der Waals surface area (Å²) in [4.78, 5) is 15.3. The van der Waals surface area contributed by atoms with Crippen LogP contribution in [0, 0.1) is 0 Å². The topological polar surface area (TPSA) is 96.7 Å². The van der Waals surface area contributed by atoms with Gasteiger partial charge in [0.1, 0.15) is 5.82 Å². The van der Waals surface area contributed by atoms with Crippen molar-refractivity contribution in [3.63, 3.8) is 0 Å². The molecule has 4 rings (SSSR count). The highest BCUT2D eigenvalue weighted by atomic mass is 32.2. The molecule has 10 heteroatoms. The maximum absolute atomic E-state index is 12.6. The second-order valence-electron chi connectivity index (χ2n) is 6.30. The van der Waals surface area contributed by atoms with Gasteiger partial charge in [0.25, 0.3) is 15.9 Å². The number of anilines is 2. The van der Waals surface area contributed by atoms with E-state index in [0.29, 0.717) is 23.1 Å². The normalized spacial score (nSPS) is 17.7. The molecule has 0 fully saturated rings. The summed E-state index contributed by atoms with van der Waals surface area (Å²) in [6.07, 6.45) is 1.64. The SMILES string of the molecule is CC(C)n1nccc1NC(=O)c1ccc2c(c1)SC1=NS(=O)(=O)CCN12. The average molecular weight is 391 g/mol. The summed E-state index contributed by atoms with van der Waals surface area (Å²) in [6, 6.07) is 7.21. The van der Waals surface area contributed by atoms with Crippen molar-refractivity contribution < 1.29 is 13.2 Å². The van der Waals surface area contributed by atoms with Gasteiger partial charge in [0.2, 0.25) is 0 Å².